The van der Waals surface area contributed by atoms with Crippen molar-refractivity contribution in [2.45, 2.75) is 39.5 Å². The third-order valence-electron chi connectivity index (χ3n) is 6.04. The second-order valence-corrected chi connectivity index (χ2v) is 8.50. The van der Waals surface area contributed by atoms with Gasteiger partial charge in [-0.25, -0.2) is 4.79 Å². The number of nitrogens with one attached hydrogen (secondary N) is 1. The predicted octanol–water partition coefficient (Wildman–Crippen LogP) is 6.22. The van der Waals surface area contributed by atoms with Crippen LogP contribution in [0, 0.1) is 0 Å². The van der Waals surface area contributed by atoms with E-state index in [2.05, 4.69) is 5.32 Å². The fourth-order valence-electron chi connectivity index (χ4n) is 4.10. The van der Waals surface area contributed by atoms with Gasteiger partial charge in [-0.05, 0) is 54.3 Å². The average Bonchev–Trinajstić information content (AvgIpc) is 2.91. The Bertz CT molecular complexity index is 1230. The lowest BCUT2D eigenvalue weighted by Crippen LogP contribution is -2.39. The lowest BCUT2D eigenvalue weighted by Gasteiger charge is -2.26. The molecule has 0 saturated carbocycles. The first-order valence-corrected chi connectivity index (χ1v) is 12.3. The van der Waals surface area contributed by atoms with E-state index in [1.165, 1.54) is 19.2 Å². The number of carbonyl (C=O) groups excluding carboxylic acids is 2. The number of alkyl halides is 3. The van der Waals surface area contributed by atoms with Crippen molar-refractivity contribution in [1.29, 1.82) is 0 Å². The van der Waals surface area contributed by atoms with E-state index in [9.17, 15) is 22.8 Å². The number of amides is 2. The van der Waals surface area contributed by atoms with E-state index in [4.69, 9.17) is 9.47 Å². The molecule has 0 aliphatic heterocycles. The number of hydrogen-bond donors (Lipinski definition) is 1. The molecule has 9 heteroatoms. The van der Waals surface area contributed by atoms with Crippen molar-refractivity contribution in [1.82, 2.24) is 10.2 Å². The largest absolute Gasteiger partial charge is 0.496 e. The molecule has 0 aromatic heterocycles. The number of methoxy groups -OCH3 is 1. The minimum absolute atomic E-state index is 0.0655. The van der Waals surface area contributed by atoms with Gasteiger partial charge in [0.15, 0.2) is 0 Å². The zero-order valence-electron chi connectivity index (χ0n) is 21.6. The maximum Gasteiger partial charge on any atom is 0.416 e. The van der Waals surface area contributed by atoms with Crippen molar-refractivity contribution in [2.75, 3.05) is 20.3 Å². The molecule has 3 aromatic rings. The molecule has 0 saturated heterocycles. The number of benzene rings is 3. The van der Waals surface area contributed by atoms with Gasteiger partial charge in [0.2, 0.25) is 0 Å². The zero-order valence-corrected chi connectivity index (χ0v) is 21.6. The third kappa shape index (κ3) is 7.27. The fourth-order valence-corrected chi connectivity index (χ4v) is 4.10. The lowest BCUT2D eigenvalue weighted by atomic mass is 9.92. The summed E-state index contributed by atoms with van der Waals surface area (Å²) < 4.78 is 50.3. The number of hydrogen-bond acceptors (Lipinski definition) is 4. The maximum atomic E-state index is 13.2. The number of esters is 1. The monoisotopic (exact) mass is 528 g/mol. The second-order valence-electron chi connectivity index (χ2n) is 8.50. The Labute approximate surface area is 220 Å². The van der Waals surface area contributed by atoms with Crippen LogP contribution in [0.2, 0.25) is 0 Å². The van der Waals surface area contributed by atoms with Crippen molar-refractivity contribution in [3.05, 3.63) is 89.0 Å². The van der Waals surface area contributed by atoms with Crippen molar-refractivity contribution >= 4 is 12.0 Å². The first kappa shape index (κ1) is 28.6. The Morgan fingerprint density at radius 2 is 1.63 bits per heavy atom. The highest BCUT2D eigenvalue weighted by atomic mass is 19.4. The molecular formula is C29H31F3N2O4. The lowest BCUT2D eigenvalue weighted by molar-refractivity contribution is -0.142. The van der Waals surface area contributed by atoms with Gasteiger partial charge in [0.25, 0.3) is 0 Å². The van der Waals surface area contributed by atoms with Gasteiger partial charge in [-0.1, -0.05) is 48.5 Å². The molecule has 0 spiro atoms. The molecule has 6 nitrogen and oxygen atoms in total. The minimum Gasteiger partial charge on any atom is -0.496 e. The molecule has 0 fully saturated rings. The topological polar surface area (TPSA) is 67.9 Å². The molecule has 0 aliphatic carbocycles. The van der Waals surface area contributed by atoms with Crippen LogP contribution in [0.4, 0.5) is 18.0 Å². The van der Waals surface area contributed by atoms with Gasteiger partial charge in [-0.2, -0.15) is 13.2 Å². The van der Waals surface area contributed by atoms with Crippen LogP contribution < -0.4 is 10.1 Å². The summed E-state index contributed by atoms with van der Waals surface area (Å²) in [5, 5.41) is 2.90. The van der Waals surface area contributed by atoms with Gasteiger partial charge in [-0.3, -0.25) is 4.79 Å². The van der Waals surface area contributed by atoms with E-state index in [0.717, 1.165) is 17.7 Å². The molecule has 0 bridgehead atoms. The molecule has 2 amide bonds. The number of rotatable bonds is 10. The molecule has 0 unspecified atom stereocenters. The SMILES string of the molecule is CCOC(=O)Cc1ccc(OC)c(-c2ccc(C(F)(F)F)cc2)c1CN(CC)C(=O)NCc1ccccc1. The molecule has 0 atom stereocenters. The van der Waals surface area contributed by atoms with E-state index < -0.39 is 17.7 Å². The Hall–Kier alpha value is -4.01. The quantitative estimate of drug-likeness (QED) is 0.318. The Kier molecular flexibility index (Phi) is 9.76. The minimum atomic E-state index is -4.48. The van der Waals surface area contributed by atoms with Gasteiger partial charge >= 0.3 is 18.2 Å². The second kappa shape index (κ2) is 13.0. The predicted molar refractivity (Wildman–Crippen MR) is 139 cm³/mol. The van der Waals surface area contributed by atoms with Crippen LogP contribution in [-0.2, 0) is 35.2 Å². The van der Waals surface area contributed by atoms with E-state index in [1.54, 1.807) is 24.0 Å². The Morgan fingerprint density at radius 3 is 2.21 bits per heavy atom. The molecular weight excluding hydrogens is 497 g/mol. The van der Waals surface area contributed by atoms with Gasteiger partial charge in [0, 0.05) is 25.2 Å². The van der Waals surface area contributed by atoms with Crippen molar-refractivity contribution < 1.29 is 32.2 Å². The summed E-state index contributed by atoms with van der Waals surface area (Å²) in [7, 11) is 1.46. The fraction of sp³-hybridized carbons (Fsp3) is 0.310. The number of urea groups is 1. The highest BCUT2D eigenvalue weighted by Gasteiger charge is 2.30. The van der Waals surface area contributed by atoms with Gasteiger partial charge in [0.05, 0.1) is 25.7 Å². The highest BCUT2D eigenvalue weighted by molar-refractivity contribution is 5.80. The van der Waals surface area contributed by atoms with Crippen molar-refractivity contribution in [2.24, 2.45) is 0 Å². The van der Waals surface area contributed by atoms with Gasteiger partial charge in [0.1, 0.15) is 5.75 Å². The summed E-state index contributed by atoms with van der Waals surface area (Å²) in [6, 6.07) is 17.2. The van der Waals surface area contributed by atoms with Gasteiger partial charge in [-0.15, -0.1) is 0 Å². The summed E-state index contributed by atoms with van der Waals surface area (Å²) in [5.74, 6) is -0.0398. The molecule has 0 radical (unpaired) electrons. The molecule has 202 valence electrons. The smallest absolute Gasteiger partial charge is 0.416 e. The average molecular weight is 529 g/mol. The molecule has 0 heterocycles. The molecule has 3 aromatic carbocycles. The van der Waals surface area contributed by atoms with E-state index >= 15 is 0 Å². The maximum absolute atomic E-state index is 13.2. The highest BCUT2D eigenvalue weighted by Crippen LogP contribution is 2.38. The molecule has 38 heavy (non-hydrogen) atoms. The summed E-state index contributed by atoms with van der Waals surface area (Å²) in [4.78, 5) is 27.1. The van der Waals surface area contributed by atoms with Gasteiger partial charge < -0.3 is 19.7 Å². The van der Waals surface area contributed by atoms with Crippen LogP contribution in [0.1, 0.15) is 36.1 Å². The molecule has 1 N–H and O–H groups in total. The molecule has 0 aliphatic rings. The Morgan fingerprint density at radius 1 is 0.947 bits per heavy atom. The van der Waals surface area contributed by atoms with E-state index in [1.807, 2.05) is 37.3 Å². The zero-order chi connectivity index (χ0) is 27.7. The number of nitrogens with zero attached hydrogens (tertiary/aromatic N) is 1. The third-order valence-corrected chi connectivity index (χ3v) is 6.04. The standard InChI is InChI=1S/C29H31F3N2O4/c1-4-34(28(36)33-18-20-9-7-6-8-10-20)19-24-22(17-26(35)38-5-2)13-16-25(37-3)27(24)21-11-14-23(15-12-21)29(30,31)32/h6-16H,4-5,17-19H2,1-3H3,(H,33,36). The summed E-state index contributed by atoms with van der Waals surface area (Å²) in [5.41, 5.74) is 2.32. The van der Waals surface area contributed by atoms with E-state index in [0.29, 0.717) is 41.1 Å². The van der Waals surface area contributed by atoms with Crippen LogP contribution >= 0.6 is 0 Å². The van der Waals surface area contributed by atoms with E-state index in [-0.39, 0.29) is 25.6 Å². The Balaban J connectivity index is 2.03. The van der Waals surface area contributed by atoms with Crippen LogP contribution in [0.3, 0.4) is 0 Å². The van der Waals surface area contributed by atoms with Crippen molar-refractivity contribution in [3.8, 4) is 16.9 Å². The summed E-state index contributed by atoms with van der Waals surface area (Å²) >= 11 is 0. The number of carbonyl (C=O) groups is 2. The first-order valence-electron chi connectivity index (χ1n) is 12.3. The van der Waals surface area contributed by atoms with Crippen LogP contribution in [0.5, 0.6) is 5.75 Å². The first-order chi connectivity index (χ1) is 18.2. The summed E-state index contributed by atoms with van der Waals surface area (Å²) in [6.07, 6.45) is -4.54. The van der Waals surface area contributed by atoms with Crippen molar-refractivity contribution in [3.63, 3.8) is 0 Å². The number of halogens is 3. The molecule has 3 rings (SSSR count). The van der Waals surface area contributed by atoms with Crippen LogP contribution in [-0.4, -0.2) is 37.2 Å². The normalized spacial score (nSPS) is 11.1. The number of ether oxygens (including phenoxy) is 2. The van der Waals surface area contributed by atoms with Crippen LogP contribution in [0.25, 0.3) is 11.1 Å². The summed E-state index contributed by atoms with van der Waals surface area (Å²) in [6.45, 7) is 4.51. The van der Waals surface area contributed by atoms with Crippen LogP contribution in [0.15, 0.2) is 66.7 Å².